The van der Waals surface area contributed by atoms with Crippen molar-refractivity contribution < 1.29 is 4.79 Å². The first kappa shape index (κ1) is 20.7. The number of Topliss-reactive ketones (excluding diaryl/α,β-unsaturated/α-hetero) is 1. The molecule has 0 aliphatic heterocycles. The van der Waals surface area contributed by atoms with Gasteiger partial charge in [-0.1, -0.05) is 72.8 Å². The lowest BCUT2D eigenvalue weighted by atomic mass is 9.95. The molecule has 1 nitrogen and oxygen atoms in total. The number of ketones is 1. The number of rotatable bonds is 5. The molecule has 0 radical (unpaired) electrons. The van der Waals surface area contributed by atoms with E-state index in [1.807, 2.05) is 6.92 Å². The maximum atomic E-state index is 11.1. The van der Waals surface area contributed by atoms with Gasteiger partial charge in [0.1, 0.15) is 0 Å². The quantitative estimate of drug-likeness (QED) is 0.522. The number of carbonyl (C=O) groups excluding carboxylic acids is 1. The molecule has 0 atom stereocenters. The van der Waals surface area contributed by atoms with E-state index in [-0.39, 0.29) is 0 Å². The molecule has 0 bridgehead atoms. The number of unbranched alkanes of at least 4 members (excludes halogenated alkanes) is 3. The summed E-state index contributed by atoms with van der Waals surface area (Å²) in [6, 6.07) is 0. The molecule has 1 aliphatic carbocycles. The maximum absolute atomic E-state index is 11.1. The molecule has 0 N–H and O–H groups in total. The predicted molar refractivity (Wildman–Crippen MR) is 87.6 cm³/mol. The van der Waals surface area contributed by atoms with Gasteiger partial charge in [0.15, 0.2) is 5.78 Å². The van der Waals surface area contributed by atoms with E-state index in [1.165, 1.54) is 44.9 Å². The molecular weight excluding hydrogens is 232 g/mol. The van der Waals surface area contributed by atoms with E-state index in [0.29, 0.717) is 12.2 Å². The van der Waals surface area contributed by atoms with Gasteiger partial charge in [0.2, 0.25) is 0 Å². The Kier molecular flexibility index (Phi) is 19.0. The number of hydrogen-bond acceptors (Lipinski definition) is 1. The molecule has 0 aromatic heterocycles. The molecule has 1 aliphatic rings. The van der Waals surface area contributed by atoms with Crippen LogP contribution >= 0.6 is 0 Å². The molecule has 0 spiro atoms. The lowest BCUT2D eigenvalue weighted by Gasteiger charge is -2.09. The minimum Gasteiger partial charge on any atom is -0.295 e. The Morgan fingerprint density at radius 1 is 1.00 bits per heavy atom. The lowest BCUT2D eigenvalue weighted by molar-refractivity contribution is -0.115. The minimum absolute atomic E-state index is 0.347. The van der Waals surface area contributed by atoms with E-state index in [1.54, 1.807) is 0 Å². The van der Waals surface area contributed by atoms with Crippen molar-refractivity contribution in [2.75, 3.05) is 0 Å². The number of allylic oxidation sites excluding steroid dienone is 2. The van der Waals surface area contributed by atoms with Crippen molar-refractivity contribution in [3.05, 3.63) is 11.6 Å². The Morgan fingerprint density at radius 3 is 1.84 bits per heavy atom. The molecule has 0 aromatic rings. The Morgan fingerprint density at radius 2 is 1.53 bits per heavy atom. The van der Waals surface area contributed by atoms with Crippen molar-refractivity contribution in [3.63, 3.8) is 0 Å². The van der Waals surface area contributed by atoms with Crippen LogP contribution in [0.2, 0.25) is 0 Å². The van der Waals surface area contributed by atoms with Crippen LogP contribution in [0.4, 0.5) is 0 Å². The molecule has 0 aromatic carbocycles. The molecule has 0 fully saturated rings. The summed E-state index contributed by atoms with van der Waals surface area (Å²) in [6.45, 7) is 10.6. The zero-order valence-electron chi connectivity index (χ0n) is 14.1. The molecule has 0 amide bonds. The van der Waals surface area contributed by atoms with Gasteiger partial charge in [-0.15, -0.1) is 0 Å². The van der Waals surface area contributed by atoms with Gasteiger partial charge >= 0.3 is 0 Å². The summed E-state index contributed by atoms with van der Waals surface area (Å²) in [4.78, 5) is 11.1. The number of carbonyl (C=O) groups is 1. The molecule has 19 heavy (non-hydrogen) atoms. The summed E-state index contributed by atoms with van der Waals surface area (Å²) in [6.07, 6.45) is 14.2. The SMILES string of the molecule is CCC.CCC(=O)C1=CCCCC1.CCCCCC. The highest BCUT2D eigenvalue weighted by atomic mass is 16.1. The second kappa shape index (κ2) is 17.4. The third-order valence-corrected chi connectivity index (χ3v) is 2.93. The summed E-state index contributed by atoms with van der Waals surface area (Å²) in [5, 5.41) is 0. The first-order valence-electron chi connectivity index (χ1n) is 8.39. The van der Waals surface area contributed by atoms with E-state index >= 15 is 0 Å². The van der Waals surface area contributed by atoms with Crippen LogP contribution in [0, 0.1) is 0 Å². The van der Waals surface area contributed by atoms with Gasteiger partial charge in [-0.3, -0.25) is 4.79 Å². The van der Waals surface area contributed by atoms with Crippen molar-refractivity contribution in [3.8, 4) is 0 Å². The van der Waals surface area contributed by atoms with Gasteiger partial charge < -0.3 is 0 Å². The fourth-order valence-corrected chi connectivity index (χ4v) is 1.82. The monoisotopic (exact) mass is 268 g/mol. The summed E-state index contributed by atoms with van der Waals surface area (Å²) in [5.41, 5.74) is 1.08. The van der Waals surface area contributed by atoms with Crippen LogP contribution in [0.25, 0.3) is 0 Å². The van der Waals surface area contributed by atoms with Crippen molar-refractivity contribution in [2.45, 2.75) is 98.8 Å². The van der Waals surface area contributed by atoms with E-state index in [9.17, 15) is 4.79 Å². The highest BCUT2D eigenvalue weighted by Gasteiger charge is 2.08. The van der Waals surface area contributed by atoms with Gasteiger partial charge in [0, 0.05) is 6.42 Å². The van der Waals surface area contributed by atoms with Crippen molar-refractivity contribution in [1.29, 1.82) is 0 Å². The Bertz CT molecular complexity index is 212. The summed E-state index contributed by atoms with van der Waals surface area (Å²) >= 11 is 0. The molecule has 1 heteroatoms. The standard InChI is InChI=1S/C9H14O.C6H14.C3H8/c1-2-9(10)8-6-4-3-5-7-8;1-3-5-6-4-2;1-3-2/h6H,2-5,7H2,1H3;3-6H2,1-2H3;3H2,1-2H3. The van der Waals surface area contributed by atoms with Crippen LogP contribution in [0.1, 0.15) is 98.8 Å². The second-order valence-electron chi connectivity index (χ2n) is 5.17. The molecule has 114 valence electrons. The normalized spacial score (nSPS) is 13.4. The van der Waals surface area contributed by atoms with Crippen LogP contribution in [-0.2, 0) is 4.79 Å². The molecule has 0 saturated heterocycles. The zero-order chi connectivity index (χ0) is 14.9. The molecule has 1 rings (SSSR count). The van der Waals surface area contributed by atoms with Gasteiger partial charge in [-0.25, -0.2) is 0 Å². The minimum atomic E-state index is 0.347. The molecular formula is C18H36O. The Balaban J connectivity index is 0. The highest BCUT2D eigenvalue weighted by molar-refractivity contribution is 5.95. The van der Waals surface area contributed by atoms with E-state index in [4.69, 9.17) is 0 Å². The van der Waals surface area contributed by atoms with E-state index in [2.05, 4.69) is 33.8 Å². The third kappa shape index (κ3) is 15.4. The first-order valence-corrected chi connectivity index (χ1v) is 8.39. The van der Waals surface area contributed by atoms with Crippen LogP contribution < -0.4 is 0 Å². The third-order valence-electron chi connectivity index (χ3n) is 2.93. The van der Waals surface area contributed by atoms with Gasteiger partial charge in [-0.05, 0) is 31.3 Å². The summed E-state index contributed by atoms with van der Waals surface area (Å²) in [5.74, 6) is 0.347. The summed E-state index contributed by atoms with van der Waals surface area (Å²) < 4.78 is 0. The fraction of sp³-hybridized carbons (Fsp3) is 0.833. The second-order valence-corrected chi connectivity index (χ2v) is 5.17. The predicted octanol–water partition coefficient (Wildman–Crippen LogP) is 6.47. The van der Waals surface area contributed by atoms with Crippen molar-refractivity contribution >= 4 is 5.78 Å². The largest absolute Gasteiger partial charge is 0.295 e. The molecule has 0 saturated carbocycles. The van der Waals surface area contributed by atoms with E-state index < -0.39 is 0 Å². The topological polar surface area (TPSA) is 17.1 Å². The summed E-state index contributed by atoms with van der Waals surface area (Å²) in [7, 11) is 0. The molecule has 0 heterocycles. The fourth-order valence-electron chi connectivity index (χ4n) is 1.82. The van der Waals surface area contributed by atoms with Gasteiger partial charge in [0.25, 0.3) is 0 Å². The van der Waals surface area contributed by atoms with Crippen molar-refractivity contribution in [1.82, 2.24) is 0 Å². The van der Waals surface area contributed by atoms with Gasteiger partial charge in [0.05, 0.1) is 0 Å². The lowest BCUT2D eigenvalue weighted by Crippen LogP contribution is -2.03. The van der Waals surface area contributed by atoms with Gasteiger partial charge in [-0.2, -0.15) is 0 Å². The average molecular weight is 268 g/mol. The van der Waals surface area contributed by atoms with Crippen LogP contribution in [-0.4, -0.2) is 5.78 Å². The smallest absolute Gasteiger partial charge is 0.158 e. The van der Waals surface area contributed by atoms with E-state index in [0.717, 1.165) is 18.4 Å². The van der Waals surface area contributed by atoms with Crippen LogP contribution in [0.5, 0.6) is 0 Å². The van der Waals surface area contributed by atoms with Crippen molar-refractivity contribution in [2.24, 2.45) is 0 Å². The first-order chi connectivity index (χ1) is 9.17. The highest BCUT2D eigenvalue weighted by Crippen LogP contribution is 2.18. The van der Waals surface area contributed by atoms with Crippen LogP contribution in [0.15, 0.2) is 11.6 Å². The van der Waals surface area contributed by atoms with Crippen LogP contribution in [0.3, 0.4) is 0 Å². The zero-order valence-corrected chi connectivity index (χ0v) is 14.1. The Hall–Kier alpha value is -0.590. The Labute approximate surface area is 121 Å². The molecule has 0 unspecified atom stereocenters. The number of hydrogen-bond donors (Lipinski definition) is 0. The maximum Gasteiger partial charge on any atom is 0.158 e. The average Bonchev–Trinajstić information content (AvgIpc) is 2.46.